The molecule has 0 aliphatic carbocycles. The standard InChI is InChI=1S/C13H20NO4P/c1-4-17-19(15,18-5-2)11-14-10-12-8-6-7-9-13(12)16-3/h6-10H,4-5,11H2,1-3H3/b14-10+. The number of nitrogens with zero attached hydrogens (tertiary/aromatic N) is 1. The van der Waals surface area contributed by atoms with Gasteiger partial charge in [0.05, 0.1) is 20.3 Å². The quantitative estimate of drug-likeness (QED) is 0.543. The zero-order valence-corrected chi connectivity index (χ0v) is 12.4. The maximum atomic E-state index is 12.2. The van der Waals surface area contributed by atoms with Crippen LogP contribution >= 0.6 is 7.60 Å². The molecule has 0 N–H and O–H groups in total. The number of hydrogen-bond donors (Lipinski definition) is 0. The minimum atomic E-state index is -3.12. The van der Waals surface area contributed by atoms with Gasteiger partial charge in [-0.2, -0.15) is 0 Å². The zero-order chi connectivity index (χ0) is 14.1. The van der Waals surface area contributed by atoms with E-state index in [9.17, 15) is 4.57 Å². The third-order valence-corrected chi connectivity index (χ3v) is 4.09. The summed E-state index contributed by atoms with van der Waals surface area (Å²) in [4.78, 5) is 4.14. The molecule has 1 aromatic carbocycles. The second-order valence-corrected chi connectivity index (χ2v) is 5.66. The second kappa shape index (κ2) is 8.10. The van der Waals surface area contributed by atoms with E-state index in [4.69, 9.17) is 13.8 Å². The molecule has 5 nitrogen and oxygen atoms in total. The highest BCUT2D eigenvalue weighted by Crippen LogP contribution is 2.47. The molecule has 0 aromatic heterocycles. The molecule has 0 spiro atoms. The minimum Gasteiger partial charge on any atom is -0.496 e. The van der Waals surface area contributed by atoms with E-state index in [1.807, 2.05) is 24.3 Å². The van der Waals surface area contributed by atoms with E-state index in [0.717, 1.165) is 5.56 Å². The molecular formula is C13H20NO4P. The van der Waals surface area contributed by atoms with E-state index in [1.54, 1.807) is 27.2 Å². The van der Waals surface area contributed by atoms with Gasteiger partial charge in [-0.1, -0.05) is 12.1 Å². The van der Waals surface area contributed by atoms with Crippen molar-refractivity contribution in [2.24, 2.45) is 4.99 Å². The van der Waals surface area contributed by atoms with Crippen LogP contribution in [-0.2, 0) is 13.6 Å². The van der Waals surface area contributed by atoms with Crippen LogP contribution in [0.5, 0.6) is 5.75 Å². The Morgan fingerprint density at radius 3 is 2.42 bits per heavy atom. The number of ether oxygens (including phenoxy) is 1. The van der Waals surface area contributed by atoms with E-state index in [0.29, 0.717) is 19.0 Å². The van der Waals surface area contributed by atoms with Crippen molar-refractivity contribution in [3.8, 4) is 5.75 Å². The lowest BCUT2D eigenvalue weighted by Crippen LogP contribution is -1.99. The molecule has 0 aliphatic rings. The first-order chi connectivity index (χ1) is 9.15. The monoisotopic (exact) mass is 285 g/mol. The van der Waals surface area contributed by atoms with Crippen LogP contribution in [0.15, 0.2) is 29.3 Å². The summed E-state index contributed by atoms with van der Waals surface area (Å²) in [5.41, 5.74) is 0.824. The van der Waals surface area contributed by atoms with Gasteiger partial charge < -0.3 is 13.8 Å². The summed E-state index contributed by atoms with van der Waals surface area (Å²) >= 11 is 0. The van der Waals surface area contributed by atoms with Crippen molar-refractivity contribution in [1.29, 1.82) is 0 Å². The van der Waals surface area contributed by atoms with E-state index in [1.165, 1.54) is 0 Å². The average molecular weight is 285 g/mol. The van der Waals surface area contributed by atoms with Gasteiger partial charge in [0.15, 0.2) is 0 Å². The first-order valence-electron chi connectivity index (χ1n) is 6.16. The lowest BCUT2D eigenvalue weighted by atomic mass is 10.2. The summed E-state index contributed by atoms with van der Waals surface area (Å²) in [5, 5.41) is 0. The van der Waals surface area contributed by atoms with Crippen LogP contribution in [0.4, 0.5) is 0 Å². The number of benzene rings is 1. The summed E-state index contributed by atoms with van der Waals surface area (Å²) in [6.45, 7) is 4.22. The van der Waals surface area contributed by atoms with E-state index in [-0.39, 0.29) is 6.29 Å². The number of para-hydroxylation sites is 1. The molecule has 0 fully saturated rings. The molecule has 0 bridgehead atoms. The van der Waals surface area contributed by atoms with Crippen molar-refractivity contribution >= 4 is 13.8 Å². The molecule has 0 aliphatic heterocycles. The van der Waals surface area contributed by atoms with Crippen LogP contribution in [-0.4, -0.2) is 32.8 Å². The van der Waals surface area contributed by atoms with Crippen LogP contribution < -0.4 is 4.74 Å². The van der Waals surface area contributed by atoms with Crippen LogP contribution in [0.3, 0.4) is 0 Å². The summed E-state index contributed by atoms with van der Waals surface area (Å²) in [7, 11) is -1.52. The normalized spacial score (nSPS) is 11.9. The third-order valence-electron chi connectivity index (χ3n) is 2.28. The molecule has 106 valence electrons. The first-order valence-corrected chi connectivity index (χ1v) is 7.89. The van der Waals surface area contributed by atoms with Crippen molar-refractivity contribution in [1.82, 2.24) is 0 Å². The number of hydrogen-bond acceptors (Lipinski definition) is 5. The van der Waals surface area contributed by atoms with Crippen molar-refractivity contribution < 1.29 is 18.3 Å². The van der Waals surface area contributed by atoms with Gasteiger partial charge in [0.2, 0.25) is 0 Å². The van der Waals surface area contributed by atoms with Crippen LogP contribution in [0.1, 0.15) is 19.4 Å². The Bertz CT molecular complexity index is 452. The second-order valence-electron chi connectivity index (χ2n) is 3.64. The van der Waals surface area contributed by atoms with Gasteiger partial charge in [-0.3, -0.25) is 9.56 Å². The number of methoxy groups -OCH3 is 1. The van der Waals surface area contributed by atoms with Gasteiger partial charge in [-0.15, -0.1) is 0 Å². The maximum absolute atomic E-state index is 12.2. The van der Waals surface area contributed by atoms with Crippen LogP contribution in [0.2, 0.25) is 0 Å². The summed E-state index contributed by atoms with van der Waals surface area (Å²) in [6, 6.07) is 7.47. The van der Waals surface area contributed by atoms with E-state index in [2.05, 4.69) is 4.99 Å². The zero-order valence-electron chi connectivity index (χ0n) is 11.5. The number of aliphatic imine (C=N–C) groups is 1. The van der Waals surface area contributed by atoms with Crippen molar-refractivity contribution in [3.63, 3.8) is 0 Å². The Kier molecular flexibility index (Phi) is 6.78. The molecule has 0 unspecified atom stereocenters. The molecule has 6 heteroatoms. The lowest BCUT2D eigenvalue weighted by molar-refractivity contribution is 0.221. The molecule has 0 saturated heterocycles. The van der Waals surface area contributed by atoms with Crippen molar-refractivity contribution in [3.05, 3.63) is 29.8 Å². The number of rotatable bonds is 8. The molecule has 0 amide bonds. The van der Waals surface area contributed by atoms with Crippen molar-refractivity contribution in [2.75, 3.05) is 26.6 Å². The molecule has 1 rings (SSSR count). The third kappa shape index (κ3) is 5.15. The topological polar surface area (TPSA) is 57.1 Å². The highest BCUT2D eigenvalue weighted by atomic mass is 31.2. The highest BCUT2D eigenvalue weighted by Gasteiger charge is 2.22. The lowest BCUT2D eigenvalue weighted by Gasteiger charge is -2.14. The Balaban J connectivity index is 2.73. The fourth-order valence-corrected chi connectivity index (χ4v) is 2.83. The predicted molar refractivity (Wildman–Crippen MR) is 76.3 cm³/mol. The fraction of sp³-hybridized carbons (Fsp3) is 0.462. The molecule has 0 atom stereocenters. The molecule has 1 aromatic rings. The molecule has 0 saturated carbocycles. The summed E-state index contributed by atoms with van der Waals surface area (Å²) < 4.78 is 27.7. The summed E-state index contributed by atoms with van der Waals surface area (Å²) in [5.74, 6) is 0.717. The Hall–Kier alpha value is -1.16. The van der Waals surface area contributed by atoms with E-state index >= 15 is 0 Å². The SMILES string of the molecule is CCOP(=O)(C/N=C/c1ccccc1OC)OCC. The van der Waals surface area contributed by atoms with Gasteiger partial charge in [0, 0.05) is 11.8 Å². The largest absolute Gasteiger partial charge is 0.496 e. The molecule has 19 heavy (non-hydrogen) atoms. The smallest absolute Gasteiger partial charge is 0.351 e. The molecule has 0 radical (unpaired) electrons. The Labute approximate surface area is 114 Å². The van der Waals surface area contributed by atoms with Gasteiger partial charge in [0.1, 0.15) is 12.0 Å². The average Bonchev–Trinajstić information content (AvgIpc) is 2.40. The van der Waals surface area contributed by atoms with Gasteiger partial charge in [0.25, 0.3) is 0 Å². The molecular weight excluding hydrogens is 265 g/mol. The van der Waals surface area contributed by atoms with Crippen molar-refractivity contribution in [2.45, 2.75) is 13.8 Å². The highest BCUT2D eigenvalue weighted by molar-refractivity contribution is 7.53. The van der Waals surface area contributed by atoms with Crippen LogP contribution in [0, 0.1) is 0 Å². The fourth-order valence-electron chi connectivity index (χ4n) is 1.52. The van der Waals surface area contributed by atoms with Gasteiger partial charge >= 0.3 is 7.60 Å². The van der Waals surface area contributed by atoms with Gasteiger partial charge in [-0.25, -0.2) is 0 Å². The Morgan fingerprint density at radius 1 is 1.21 bits per heavy atom. The minimum absolute atomic E-state index is 0.00668. The Morgan fingerprint density at radius 2 is 1.84 bits per heavy atom. The summed E-state index contributed by atoms with van der Waals surface area (Å²) in [6.07, 6.45) is 1.62. The molecule has 0 heterocycles. The van der Waals surface area contributed by atoms with Crippen LogP contribution in [0.25, 0.3) is 0 Å². The maximum Gasteiger partial charge on any atom is 0.351 e. The van der Waals surface area contributed by atoms with E-state index < -0.39 is 7.60 Å². The predicted octanol–water partition coefficient (Wildman–Crippen LogP) is 3.34. The van der Waals surface area contributed by atoms with Gasteiger partial charge in [-0.05, 0) is 26.0 Å². The first kappa shape index (κ1) is 15.9.